The highest BCUT2D eigenvalue weighted by atomic mass is 16.7. The second-order valence-corrected chi connectivity index (χ2v) is 11.2. The molecule has 0 aliphatic carbocycles. The van der Waals surface area contributed by atoms with E-state index in [9.17, 15) is 9.59 Å². The number of likely N-dealkylation sites (N-methyl/N-ethyl adjacent to an activating group) is 1. The van der Waals surface area contributed by atoms with Crippen LogP contribution in [0.25, 0.3) is 11.3 Å². The molecular formula is C28H37N3O6. The van der Waals surface area contributed by atoms with Crippen molar-refractivity contribution in [1.29, 1.82) is 0 Å². The van der Waals surface area contributed by atoms with Gasteiger partial charge in [-0.2, -0.15) is 0 Å². The van der Waals surface area contributed by atoms with E-state index in [1.54, 1.807) is 11.0 Å². The van der Waals surface area contributed by atoms with Gasteiger partial charge >= 0.3 is 6.09 Å². The first-order valence-corrected chi connectivity index (χ1v) is 13.1. The Balaban J connectivity index is 1.18. The quantitative estimate of drug-likeness (QED) is 0.610. The standard InChI is InChI=1S/C28H37N3O6/c1-28(2,3)37-27(33)31-11-9-19(10-12-31)26-34-18-21-17-20(5-6-23(21)36-26)22-7-8-24(35-22)25(32)30-15-13-29(4)14-16-30/h5-8,17,19,26H,9-16,18H2,1-4H3. The van der Waals surface area contributed by atoms with Crippen molar-refractivity contribution in [3.63, 3.8) is 0 Å². The summed E-state index contributed by atoms with van der Waals surface area (Å²) in [7, 11) is 2.06. The Bertz CT molecular complexity index is 1120. The SMILES string of the molecule is CN1CCN(C(=O)c2ccc(-c3ccc4c(c3)COC(C3CCN(C(=O)OC(C)(C)C)CC3)O4)o2)CC1. The second kappa shape index (κ2) is 10.4. The Morgan fingerprint density at radius 2 is 1.68 bits per heavy atom. The van der Waals surface area contributed by atoms with Crippen LogP contribution < -0.4 is 4.74 Å². The van der Waals surface area contributed by atoms with E-state index in [-0.39, 0.29) is 24.2 Å². The van der Waals surface area contributed by atoms with Crippen LogP contribution in [-0.2, 0) is 16.1 Å². The van der Waals surface area contributed by atoms with Crippen molar-refractivity contribution in [2.45, 2.75) is 52.1 Å². The third kappa shape index (κ3) is 5.93. The summed E-state index contributed by atoms with van der Waals surface area (Å²) in [5.41, 5.74) is 1.33. The summed E-state index contributed by atoms with van der Waals surface area (Å²) in [5, 5.41) is 0. The topological polar surface area (TPSA) is 84.7 Å². The van der Waals surface area contributed by atoms with Gasteiger partial charge in [0.25, 0.3) is 5.91 Å². The third-order valence-electron chi connectivity index (χ3n) is 7.17. The molecule has 2 saturated heterocycles. The molecule has 1 atom stereocenters. The van der Waals surface area contributed by atoms with Crippen molar-refractivity contribution in [2.75, 3.05) is 46.3 Å². The highest BCUT2D eigenvalue weighted by molar-refractivity contribution is 5.92. The molecule has 0 radical (unpaired) electrons. The van der Waals surface area contributed by atoms with Crippen LogP contribution in [0, 0.1) is 5.92 Å². The highest BCUT2D eigenvalue weighted by Crippen LogP contribution is 2.35. The van der Waals surface area contributed by atoms with E-state index in [0.29, 0.717) is 44.3 Å². The summed E-state index contributed by atoms with van der Waals surface area (Å²) in [5.74, 6) is 1.96. The summed E-state index contributed by atoms with van der Waals surface area (Å²) in [6.45, 7) is 10.5. The average molecular weight is 512 g/mol. The van der Waals surface area contributed by atoms with Gasteiger partial charge in [-0.3, -0.25) is 4.79 Å². The molecule has 1 aromatic heterocycles. The summed E-state index contributed by atoms with van der Waals surface area (Å²) in [4.78, 5) is 31.0. The Morgan fingerprint density at radius 3 is 2.38 bits per heavy atom. The van der Waals surface area contributed by atoms with Gasteiger partial charge in [-0.25, -0.2) is 4.79 Å². The zero-order chi connectivity index (χ0) is 26.2. The van der Waals surface area contributed by atoms with E-state index < -0.39 is 5.60 Å². The van der Waals surface area contributed by atoms with Gasteiger partial charge in [-0.15, -0.1) is 0 Å². The molecule has 5 rings (SSSR count). The zero-order valence-electron chi connectivity index (χ0n) is 22.2. The van der Waals surface area contributed by atoms with Gasteiger partial charge in [0.1, 0.15) is 17.1 Å². The van der Waals surface area contributed by atoms with Crippen molar-refractivity contribution in [2.24, 2.45) is 5.92 Å². The number of benzene rings is 1. The van der Waals surface area contributed by atoms with Crippen molar-refractivity contribution >= 4 is 12.0 Å². The Morgan fingerprint density at radius 1 is 0.946 bits per heavy atom. The number of amides is 2. The van der Waals surface area contributed by atoms with Crippen molar-refractivity contribution in [1.82, 2.24) is 14.7 Å². The molecule has 0 N–H and O–H groups in total. The summed E-state index contributed by atoms with van der Waals surface area (Å²) < 4.78 is 23.8. The van der Waals surface area contributed by atoms with Crippen LogP contribution >= 0.6 is 0 Å². The molecule has 1 unspecified atom stereocenters. The van der Waals surface area contributed by atoms with Crippen LogP contribution in [-0.4, -0.2) is 84.9 Å². The predicted molar refractivity (Wildman–Crippen MR) is 137 cm³/mol. The van der Waals surface area contributed by atoms with Crippen molar-refractivity contribution in [3.8, 4) is 17.1 Å². The smallest absolute Gasteiger partial charge is 0.410 e. The Kier molecular flexibility index (Phi) is 7.18. The van der Waals surface area contributed by atoms with Gasteiger partial charge in [0.15, 0.2) is 5.76 Å². The molecule has 0 bridgehead atoms. The van der Waals surface area contributed by atoms with E-state index in [2.05, 4.69) is 11.9 Å². The first kappa shape index (κ1) is 25.6. The molecule has 3 aliphatic rings. The minimum Gasteiger partial charge on any atom is -0.464 e. The number of fused-ring (bicyclic) bond motifs is 1. The largest absolute Gasteiger partial charge is 0.464 e. The lowest BCUT2D eigenvalue weighted by molar-refractivity contribution is -0.149. The number of ether oxygens (including phenoxy) is 3. The van der Waals surface area contributed by atoms with Gasteiger partial charge in [0, 0.05) is 56.3 Å². The number of carbonyl (C=O) groups excluding carboxylic acids is 2. The number of carbonyl (C=O) groups is 2. The lowest BCUT2D eigenvalue weighted by Crippen LogP contribution is -2.47. The minimum atomic E-state index is -0.497. The van der Waals surface area contributed by atoms with Crippen molar-refractivity contribution in [3.05, 3.63) is 41.7 Å². The monoisotopic (exact) mass is 511 g/mol. The molecule has 200 valence electrons. The molecule has 0 saturated carbocycles. The zero-order valence-corrected chi connectivity index (χ0v) is 22.2. The first-order chi connectivity index (χ1) is 17.7. The van der Waals surface area contributed by atoms with Crippen LogP contribution in [0.15, 0.2) is 34.7 Å². The molecule has 2 amide bonds. The van der Waals surface area contributed by atoms with Gasteiger partial charge in [0.2, 0.25) is 6.29 Å². The maximum atomic E-state index is 12.8. The fraction of sp³-hybridized carbons (Fsp3) is 0.571. The second-order valence-electron chi connectivity index (χ2n) is 11.2. The summed E-state index contributed by atoms with van der Waals surface area (Å²) in [6, 6.07) is 9.49. The van der Waals surface area contributed by atoms with E-state index in [1.807, 2.05) is 49.9 Å². The minimum absolute atomic E-state index is 0.0652. The normalized spacial score (nSPS) is 21.4. The molecule has 4 heterocycles. The van der Waals surface area contributed by atoms with Gasteiger partial charge < -0.3 is 33.3 Å². The molecule has 1 aromatic carbocycles. The number of nitrogens with zero attached hydrogens (tertiary/aromatic N) is 3. The molecule has 0 spiro atoms. The lowest BCUT2D eigenvalue weighted by atomic mass is 9.95. The van der Waals surface area contributed by atoms with Gasteiger partial charge in [0.05, 0.1) is 6.61 Å². The summed E-state index contributed by atoms with van der Waals surface area (Å²) in [6.07, 6.45) is 0.998. The van der Waals surface area contributed by atoms with Gasteiger partial charge in [-0.05, 0) is 71.0 Å². The summed E-state index contributed by atoms with van der Waals surface area (Å²) >= 11 is 0. The number of rotatable bonds is 3. The molecular weight excluding hydrogens is 474 g/mol. The number of piperidine rings is 1. The van der Waals surface area contributed by atoms with Crippen LogP contribution in [0.3, 0.4) is 0 Å². The van der Waals surface area contributed by atoms with E-state index in [1.165, 1.54) is 0 Å². The molecule has 9 nitrogen and oxygen atoms in total. The molecule has 3 aliphatic heterocycles. The Hall–Kier alpha value is -3.04. The number of hydrogen-bond acceptors (Lipinski definition) is 7. The molecule has 2 fully saturated rings. The fourth-order valence-electron chi connectivity index (χ4n) is 4.98. The maximum absolute atomic E-state index is 12.8. The Labute approximate surface area is 218 Å². The third-order valence-corrected chi connectivity index (χ3v) is 7.17. The van der Waals surface area contributed by atoms with E-state index in [4.69, 9.17) is 18.6 Å². The van der Waals surface area contributed by atoms with E-state index in [0.717, 1.165) is 42.8 Å². The molecule has 9 heteroatoms. The highest BCUT2D eigenvalue weighted by Gasteiger charge is 2.34. The average Bonchev–Trinajstić information content (AvgIpc) is 3.38. The van der Waals surface area contributed by atoms with Gasteiger partial charge in [-0.1, -0.05) is 0 Å². The van der Waals surface area contributed by atoms with Crippen molar-refractivity contribution < 1.29 is 28.2 Å². The van der Waals surface area contributed by atoms with E-state index >= 15 is 0 Å². The van der Waals surface area contributed by atoms with Crippen LogP contribution in [0.2, 0.25) is 0 Å². The number of likely N-dealkylation sites (tertiary alicyclic amines) is 1. The maximum Gasteiger partial charge on any atom is 0.410 e. The number of furan rings is 1. The molecule has 37 heavy (non-hydrogen) atoms. The predicted octanol–water partition coefficient (Wildman–Crippen LogP) is 4.22. The van der Waals surface area contributed by atoms with Crippen LogP contribution in [0.4, 0.5) is 4.79 Å². The molecule has 2 aromatic rings. The van der Waals surface area contributed by atoms with Crippen LogP contribution in [0.1, 0.15) is 49.7 Å². The first-order valence-electron chi connectivity index (χ1n) is 13.1. The number of hydrogen-bond donors (Lipinski definition) is 0. The number of piperazine rings is 1. The lowest BCUT2D eigenvalue weighted by Gasteiger charge is -2.38. The van der Waals surface area contributed by atoms with Crippen LogP contribution in [0.5, 0.6) is 5.75 Å². The fourth-order valence-corrected chi connectivity index (χ4v) is 4.98.